The van der Waals surface area contributed by atoms with Crippen molar-refractivity contribution in [2.45, 2.75) is 39.1 Å². The molecule has 1 aliphatic heterocycles. The highest BCUT2D eigenvalue weighted by molar-refractivity contribution is 5.22. The van der Waals surface area contributed by atoms with E-state index in [2.05, 4.69) is 24.1 Å². The summed E-state index contributed by atoms with van der Waals surface area (Å²) >= 11 is 0. The maximum absolute atomic E-state index is 12.9. The third-order valence-electron chi connectivity index (χ3n) is 3.82. The summed E-state index contributed by atoms with van der Waals surface area (Å²) in [4.78, 5) is 3.85. The highest BCUT2D eigenvalue weighted by atomic mass is 19.4. The largest absolute Gasteiger partial charge is 0.418 e. The topological polar surface area (TPSA) is 34.1 Å². The molecule has 0 bridgehead atoms. The van der Waals surface area contributed by atoms with Crippen molar-refractivity contribution >= 4 is 0 Å². The van der Waals surface area contributed by atoms with E-state index in [4.69, 9.17) is 4.74 Å². The summed E-state index contributed by atoms with van der Waals surface area (Å²) in [6.07, 6.45) is -1.84. The zero-order valence-corrected chi connectivity index (χ0v) is 12.3. The lowest BCUT2D eigenvalue weighted by Crippen LogP contribution is -2.32. The molecular weight excluding hydrogens is 281 g/mol. The summed E-state index contributed by atoms with van der Waals surface area (Å²) in [5.41, 5.74) is -0.620. The standard InChI is InChI=1S/C15H21F3N2O/c1-10(2)14-11(5-7-21-14)8-19-9-13-12(15(16,17)18)4-3-6-20-13/h3-4,6,10-11,14,19H,5,7-9H2,1-2H3/t11-,14-/m1/s1. The molecule has 1 aromatic rings. The molecule has 21 heavy (non-hydrogen) atoms. The fourth-order valence-corrected chi connectivity index (χ4v) is 2.82. The molecule has 0 unspecified atom stereocenters. The summed E-state index contributed by atoms with van der Waals surface area (Å²) in [6, 6.07) is 2.38. The van der Waals surface area contributed by atoms with Crippen LogP contribution in [0.5, 0.6) is 0 Å². The molecule has 0 aromatic carbocycles. The van der Waals surface area contributed by atoms with E-state index in [0.29, 0.717) is 18.4 Å². The number of hydrogen-bond acceptors (Lipinski definition) is 3. The Morgan fingerprint density at radius 3 is 2.86 bits per heavy atom. The molecule has 1 saturated heterocycles. The van der Waals surface area contributed by atoms with Crippen LogP contribution in [0.2, 0.25) is 0 Å². The molecule has 1 aromatic heterocycles. The maximum Gasteiger partial charge on any atom is 0.418 e. The Balaban J connectivity index is 1.92. The summed E-state index contributed by atoms with van der Waals surface area (Å²) < 4.78 is 44.2. The van der Waals surface area contributed by atoms with Crippen LogP contribution in [0.4, 0.5) is 13.2 Å². The van der Waals surface area contributed by atoms with Gasteiger partial charge in [0, 0.05) is 25.9 Å². The van der Waals surface area contributed by atoms with Crippen LogP contribution >= 0.6 is 0 Å². The van der Waals surface area contributed by atoms with Crippen LogP contribution in [0.1, 0.15) is 31.5 Å². The fourth-order valence-electron chi connectivity index (χ4n) is 2.82. The first-order valence-corrected chi connectivity index (χ1v) is 7.23. The maximum atomic E-state index is 12.9. The zero-order chi connectivity index (χ0) is 15.5. The predicted octanol–water partition coefficient (Wildman–Crippen LogP) is 3.25. The Hall–Kier alpha value is -1.14. The van der Waals surface area contributed by atoms with Gasteiger partial charge in [0.2, 0.25) is 0 Å². The van der Waals surface area contributed by atoms with Gasteiger partial charge in [-0.05, 0) is 30.4 Å². The minimum absolute atomic E-state index is 0.0463. The molecule has 1 fully saturated rings. The molecular formula is C15H21F3N2O. The highest BCUT2D eigenvalue weighted by Gasteiger charge is 2.34. The molecule has 118 valence electrons. The second kappa shape index (κ2) is 6.75. The van der Waals surface area contributed by atoms with Gasteiger partial charge in [-0.3, -0.25) is 4.98 Å². The quantitative estimate of drug-likeness (QED) is 0.906. The summed E-state index contributed by atoms with van der Waals surface area (Å²) in [5, 5.41) is 3.10. The van der Waals surface area contributed by atoms with E-state index in [1.165, 1.54) is 12.3 Å². The Kier molecular flexibility index (Phi) is 5.22. The van der Waals surface area contributed by atoms with Crippen molar-refractivity contribution in [2.75, 3.05) is 13.2 Å². The van der Waals surface area contributed by atoms with Gasteiger partial charge in [-0.1, -0.05) is 13.8 Å². The number of ether oxygens (including phenoxy) is 1. The van der Waals surface area contributed by atoms with Gasteiger partial charge in [-0.2, -0.15) is 13.2 Å². The van der Waals surface area contributed by atoms with E-state index in [1.807, 2.05) is 0 Å². The second-order valence-corrected chi connectivity index (χ2v) is 5.75. The number of aromatic nitrogens is 1. The predicted molar refractivity (Wildman–Crippen MR) is 73.6 cm³/mol. The summed E-state index contributed by atoms with van der Waals surface area (Å²) in [7, 11) is 0. The Bertz CT molecular complexity index is 462. The van der Waals surface area contributed by atoms with Crippen LogP contribution in [0.15, 0.2) is 18.3 Å². The van der Waals surface area contributed by atoms with E-state index in [1.54, 1.807) is 0 Å². The molecule has 1 N–H and O–H groups in total. The fraction of sp³-hybridized carbons (Fsp3) is 0.667. The minimum atomic E-state index is -4.36. The van der Waals surface area contributed by atoms with Crippen molar-refractivity contribution in [1.82, 2.24) is 10.3 Å². The molecule has 2 atom stereocenters. The van der Waals surface area contributed by atoms with Gasteiger partial charge in [0.05, 0.1) is 17.4 Å². The third kappa shape index (κ3) is 4.17. The normalized spacial score (nSPS) is 23.0. The summed E-state index contributed by atoms with van der Waals surface area (Å²) in [5.74, 6) is 0.767. The molecule has 0 radical (unpaired) electrons. The van der Waals surface area contributed by atoms with Crippen molar-refractivity contribution < 1.29 is 17.9 Å². The number of halogens is 3. The van der Waals surface area contributed by atoms with Crippen LogP contribution < -0.4 is 5.32 Å². The SMILES string of the molecule is CC(C)[C@H]1OCC[C@@H]1CNCc1ncccc1C(F)(F)F. The van der Waals surface area contributed by atoms with E-state index in [0.717, 1.165) is 19.1 Å². The Morgan fingerprint density at radius 1 is 1.43 bits per heavy atom. The molecule has 0 amide bonds. The average Bonchev–Trinajstić information content (AvgIpc) is 2.87. The van der Waals surface area contributed by atoms with Crippen molar-refractivity contribution in [3.63, 3.8) is 0 Å². The molecule has 6 heteroatoms. The van der Waals surface area contributed by atoms with Gasteiger partial charge in [0.25, 0.3) is 0 Å². The van der Waals surface area contributed by atoms with Crippen molar-refractivity contribution in [3.8, 4) is 0 Å². The Labute approximate surface area is 122 Å². The smallest absolute Gasteiger partial charge is 0.378 e. The van der Waals surface area contributed by atoms with Crippen molar-refractivity contribution in [1.29, 1.82) is 0 Å². The van der Waals surface area contributed by atoms with Gasteiger partial charge >= 0.3 is 6.18 Å². The zero-order valence-electron chi connectivity index (χ0n) is 12.3. The van der Waals surface area contributed by atoms with Gasteiger partial charge in [-0.25, -0.2) is 0 Å². The monoisotopic (exact) mass is 302 g/mol. The van der Waals surface area contributed by atoms with Crippen LogP contribution in [-0.2, 0) is 17.5 Å². The van der Waals surface area contributed by atoms with Gasteiger partial charge < -0.3 is 10.1 Å². The van der Waals surface area contributed by atoms with E-state index in [-0.39, 0.29) is 18.3 Å². The number of pyridine rings is 1. The molecule has 0 spiro atoms. The lowest BCUT2D eigenvalue weighted by atomic mass is 9.93. The number of rotatable bonds is 5. The average molecular weight is 302 g/mol. The molecule has 1 aliphatic rings. The van der Waals surface area contributed by atoms with Crippen LogP contribution in [-0.4, -0.2) is 24.2 Å². The number of alkyl halides is 3. The number of nitrogens with one attached hydrogen (secondary N) is 1. The first-order valence-electron chi connectivity index (χ1n) is 7.23. The van der Waals surface area contributed by atoms with E-state index >= 15 is 0 Å². The number of nitrogens with zero attached hydrogens (tertiary/aromatic N) is 1. The summed E-state index contributed by atoms with van der Waals surface area (Å²) in [6.45, 7) is 5.70. The molecule has 0 aliphatic carbocycles. The molecule has 0 saturated carbocycles. The third-order valence-corrected chi connectivity index (χ3v) is 3.82. The lowest BCUT2D eigenvalue weighted by Gasteiger charge is -2.22. The van der Waals surface area contributed by atoms with Crippen molar-refractivity contribution in [3.05, 3.63) is 29.6 Å². The minimum Gasteiger partial charge on any atom is -0.378 e. The van der Waals surface area contributed by atoms with Crippen LogP contribution in [0, 0.1) is 11.8 Å². The Morgan fingerprint density at radius 2 is 2.19 bits per heavy atom. The van der Waals surface area contributed by atoms with Crippen LogP contribution in [0.3, 0.4) is 0 Å². The molecule has 3 nitrogen and oxygen atoms in total. The molecule has 2 rings (SSSR count). The van der Waals surface area contributed by atoms with E-state index in [9.17, 15) is 13.2 Å². The number of hydrogen-bond donors (Lipinski definition) is 1. The lowest BCUT2D eigenvalue weighted by molar-refractivity contribution is -0.138. The second-order valence-electron chi connectivity index (χ2n) is 5.75. The molecule has 2 heterocycles. The first kappa shape index (κ1) is 16.2. The van der Waals surface area contributed by atoms with Gasteiger partial charge in [-0.15, -0.1) is 0 Å². The van der Waals surface area contributed by atoms with Gasteiger partial charge in [0.1, 0.15) is 0 Å². The van der Waals surface area contributed by atoms with Gasteiger partial charge in [0.15, 0.2) is 0 Å². The van der Waals surface area contributed by atoms with E-state index < -0.39 is 11.7 Å². The first-order chi connectivity index (χ1) is 9.89. The highest BCUT2D eigenvalue weighted by Crippen LogP contribution is 2.31. The van der Waals surface area contributed by atoms with Crippen molar-refractivity contribution in [2.24, 2.45) is 11.8 Å². The van der Waals surface area contributed by atoms with Crippen LogP contribution in [0.25, 0.3) is 0 Å².